The highest BCUT2D eigenvalue weighted by atomic mass is 14.6. The first kappa shape index (κ1) is 16.6. The molecule has 0 aromatic carbocycles. The van der Waals surface area contributed by atoms with Gasteiger partial charge in [-0.25, -0.2) is 0 Å². The van der Waals surface area contributed by atoms with Crippen LogP contribution in [0, 0.1) is 40.4 Å². The Kier molecular flexibility index (Phi) is 4.52. The maximum Gasteiger partial charge on any atom is -0.0264 e. The molecular formula is C22H38. The van der Waals surface area contributed by atoms with E-state index in [1.807, 2.05) is 0 Å². The smallest absolute Gasteiger partial charge is 0.0264 e. The van der Waals surface area contributed by atoms with E-state index in [0.717, 1.165) is 29.6 Å². The molecule has 0 heterocycles. The minimum Gasteiger partial charge on any atom is -0.103 e. The maximum absolute atomic E-state index is 4.06. The number of allylic oxidation sites excluding steroid dienone is 1. The second-order valence-corrected chi connectivity index (χ2v) is 9.45. The molecule has 3 fully saturated rings. The number of fused-ring (bicyclic) bond motifs is 3. The quantitative estimate of drug-likeness (QED) is 0.498. The molecule has 3 aliphatic rings. The molecule has 3 saturated carbocycles. The van der Waals surface area contributed by atoms with Gasteiger partial charge in [0.15, 0.2) is 0 Å². The van der Waals surface area contributed by atoms with Gasteiger partial charge in [-0.1, -0.05) is 40.2 Å². The second kappa shape index (κ2) is 5.99. The van der Waals surface area contributed by atoms with E-state index in [0.29, 0.717) is 10.8 Å². The molecule has 0 aromatic rings. The van der Waals surface area contributed by atoms with Crippen LogP contribution in [0.2, 0.25) is 0 Å². The Morgan fingerprint density at radius 3 is 2.50 bits per heavy atom. The summed E-state index contributed by atoms with van der Waals surface area (Å²) < 4.78 is 0. The predicted molar refractivity (Wildman–Crippen MR) is 96.8 cm³/mol. The molecule has 0 N–H and O–H groups in total. The van der Waals surface area contributed by atoms with Gasteiger partial charge in [-0.15, -0.1) is 6.58 Å². The van der Waals surface area contributed by atoms with Crippen molar-refractivity contribution >= 4 is 0 Å². The third-order valence-corrected chi connectivity index (χ3v) is 8.78. The normalized spacial score (nSPS) is 51.2. The van der Waals surface area contributed by atoms with Gasteiger partial charge in [0.05, 0.1) is 0 Å². The molecule has 3 aliphatic carbocycles. The lowest BCUT2D eigenvalue weighted by atomic mass is 9.46. The van der Waals surface area contributed by atoms with Crippen LogP contribution in [0.4, 0.5) is 0 Å². The lowest BCUT2D eigenvalue weighted by Crippen LogP contribution is -2.51. The van der Waals surface area contributed by atoms with Crippen LogP contribution in [0.5, 0.6) is 0 Å². The van der Waals surface area contributed by atoms with Crippen molar-refractivity contribution < 1.29 is 0 Å². The van der Waals surface area contributed by atoms with Crippen molar-refractivity contribution in [3.05, 3.63) is 12.7 Å². The zero-order chi connectivity index (χ0) is 16.0. The summed E-state index contributed by atoms with van der Waals surface area (Å²) in [6.45, 7) is 14.3. The molecule has 0 spiro atoms. The molecule has 0 radical (unpaired) electrons. The fourth-order valence-corrected chi connectivity index (χ4v) is 7.31. The third-order valence-electron chi connectivity index (χ3n) is 8.78. The predicted octanol–water partition coefficient (Wildman–Crippen LogP) is 6.86. The summed E-state index contributed by atoms with van der Waals surface area (Å²) in [4.78, 5) is 0. The Morgan fingerprint density at radius 2 is 1.82 bits per heavy atom. The van der Waals surface area contributed by atoms with Crippen LogP contribution in [0.15, 0.2) is 12.7 Å². The third kappa shape index (κ3) is 2.31. The van der Waals surface area contributed by atoms with Gasteiger partial charge in [-0.05, 0) is 91.8 Å². The van der Waals surface area contributed by atoms with Crippen LogP contribution in [0.1, 0.15) is 85.5 Å². The first-order valence-corrected chi connectivity index (χ1v) is 10.1. The summed E-state index contributed by atoms with van der Waals surface area (Å²) in [5.41, 5.74) is 1.25. The lowest BCUT2D eigenvalue weighted by molar-refractivity contribution is -0.0974. The largest absolute Gasteiger partial charge is 0.103 e. The average molecular weight is 303 g/mol. The van der Waals surface area contributed by atoms with E-state index in [1.165, 1.54) is 57.8 Å². The number of rotatable bonds is 4. The lowest BCUT2D eigenvalue weighted by Gasteiger charge is -2.59. The van der Waals surface area contributed by atoms with Gasteiger partial charge in [-0.2, -0.15) is 0 Å². The summed E-state index contributed by atoms with van der Waals surface area (Å²) in [6.07, 6.45) is 15.2. The van der Waals surface area contributed by atoms with Gasteiger partial charge in [0, 0.05) is 0 Å². The summed E-state index contributed by atoms with van der Waals surface area (Å²) >= 11 is 0. The second-order valence-electron chi connectivity index (χ2n) is 9.45. The number of hydrogen-bond acceptors (Lipinski definition) is 0. The highest BCUT2D eigenvalue weighted by Crippen LogP contribution is 2.66. The van der Waals surface area contributed by atoms with Gasteiger partial charge in [-0.3, -0.25) is 0 Å². The Bertz CT molecular complexity index is 410. The first-order valence-electron chi connectivity index (χ1n) is 10.1. The van der Waals surface area contributed by atoms with E-state index >= 15 is 0 Å². The van der Waals surface area contributed by atoms with Crippen molar-refractivity contribution in [2.24, 2.45) is 40.4 Å². The molecule has 7 unspecified atom stereocenters. The first-order chi connectivity index (χ1) is 10.5. The average Bonchev–Trinajstić information content (AvgIpc) is 2.79. The van der Waals surface area contributed by atoms with Gasteiger partial charge in [0.2, 0.25) is 0 Å². The summed E-state index contributed by atoms with van der Waals surface area (Å²) in [6, 6.07) is 0. The topological polar surface area (TPSA) is 0 Å². The van der Waals surface area contributed by atoms with Gasteiger partial charge in [0.1, 0.15) is 0 Å². The van der Waals surface area contributed by atoms with Crippen LogP contribution in [-0.2, 0) is 0 Å². The maximum atomic E-state index is 4.06. The fraction of sp³-hybridized carbons (Fsp3) is 0.909. The Labute approximate surface area is 139 Å². The van der Waals surface area contributed by atoms with Gasteiger partial charge < -0.3 is 0 Å². The standard InChI is InChI=1S/C22H38/c1-6-8-17-10-11-18-19-12-9-16(3)21(19,4)15-13-20(18)22(17,5)14-7-2/h6,16-20H,1,7-15H2,2-5H3. The van der Waals surface area contributed by atoms with Crippen molar-refractivity contribution in [3.8, 4) is 0 Å². The van der Waals surface area contributed by atoms with Crippen molar-refractivity contribution in [2.75, 3.05) is 0 Å². The monoisotopic (exact) mass is 302 g/mol. The minimum atomic E-state index is 0.582. The Hall–Kier alpha value is -0.260. The molecular weight excluding hydrogens is 264 g/mol. The molecule has 22 heavy (non-hydrogen) atoms. The van der Waals surface area contributed by atoms with E-state index in [4.69, 9.17) is 0 Å². The SMILES string of the molecule is C=CCC1CCC2C3CCC(C)C3(C)CCC2C1(C)CCC. The van der Waals surface area contributed by atoms with Crippen LogP contribution in [0.3, 0.4) is 0 Å². The molecule has 0 saturated heterocycles. The summed E-state index contributed by atoms with van der Waals surface area (Å²) in [7, 11) is 0. The molecule has 7 atom stereocenters. The van der Waals surface area contributed by atoms with Crippen molar-refractivity contribution in [1.82, 2.24) is 0 Å². The molecule has 0 nitrogen and oxygen atoms in total. The van der Waals surface area contributed by atoms with Crippen LogP contribution in [0.25, 0.3) is 0 Å². The van der Waals surface area contributed by atoms with E-state index in [9.17, 15) is 0 Å². The Morgan fingerprint density at radius 1 is 1.05 bits per heavy atom. The van der Waals surface area contributed by atoms with E-state index in [1.54, 1.807) is 0 Å². The van der Waals surface area contributed by atoms with Gasteiger partial charge in [0.25, 0.3) is 0 Å². The molecule has 0 heteroatoms. The summed E-state index contributed by atoms with van der Waals surface area (Å²) in [5.74, 6) is 4.91. The molecule has 0 aromatic heterocycles. The van der Waals surface area contributed by atoms with Crippen LogP contribution in [-0.4, -0.2) is 0 Å². The molecule has 126 valence electrons. The highest BCUT2D eigenvalue weighted by Gasteiger charge is 2.57. The molecule has 3 rings (SSSR count). The van der Waals surface area contributed by atoms with Crippen molar-refractivity contribution in [1.29, 1.82) is 0 Å². The fourth-order valence-electron chi connectivity index (χ4n) is 7.31. The van der Waals surface area contributed by atoms with Crippen LogP contribution >= 0.6 is 0 Å². The highest BCUT2D eigenvalue weighted by molar-refractivity contribution is 5.07. The molecule has 0 aliphatic heterocycles. The van der Waals surface area contributed by atoms with E-state index in [-0.39, 0.29) is 0 Å². The number of hydrogen-bond donors (Lipinski definition) is 0. The molecule has 0 amide bonds. The minimum absolute atomic E-state index is 0.582. The van der Waals surface area contributed by atoms with Gasteiger partial charge >= 0.3 is 0 Å². The van der Waals surface area contributed by atoms with E-state index in [2.05, 4.69) is 40.3 Å². The molecule has 0 bridgehead atoms. The van der Waals surface area contributed by atoms with Crippen molar-refractivity contribution in [3.63, 3.8) is 0 Å². The van der Waals surface area contributed by atoms with Crippen LogP contribution < -0.4 is 0 Å². The summed E-state index contributed by atoms with van der Waals surface area (Å²) in [5, 5.41) is 0. The zero-order valence-corrected chi connectivity index (χ0v) is 15.5. The van der Waals surface area contributed by atoms with Crippen molar-refractivity contribution in [2.45, 2.75) is 85.5 Å². The Balaban J connectivity index is 1.88. The zero-order valence-electron chi connectivity index (χ0n) is 15.5. The van der Waals surface area contributed by atoms with E-state index < -0.39 is 0 Å².